The maximum Gasteiger partial charge on any atom is 0.434 e. The molecule has 0 aromatic carbocycles. The third-order valence-corrected chi connectivity index (χ3v) is 4.60. The first-order valence-electron chi connectivity index (χ1n) is 9.05. The number of amides is 1. The van der Waals surface area contributed by atoms with Crippen molar-refractivity contribution in [2.45, 2.75) is 31.5 Å². The number of aryl methyl sites for hydroxylation is 1. The van der Waals surface area contributed by atoms with E-state index in [1.807, 2.05) is 0 Å². The molecule has 0 aliphatic heterocycles. The fourth-order valence-corrected chi connectivity index (χ4v) is 3.18. The third kappa shape index (κ3) is 3.95. The number of carbonyl (C=O) groups is 1. The van der Waals surface area contributed by atoms with Crippen LogP contribution >= 0.6 is 0 Å². The van der Waals surface area contributed by atoms with Crippen LogP contribution < -0.4 is 10.1 Å². The van der Waals surface area contributed by atoms with Gasteiger partial charge in [0.1, 0.15) is 11.5 Å². The van der Waals surface area contributed by atoms with E-state index in [1.165, 1.54) is 7.11 Å². The highest BCUT2D eigenvalue weighted by molar-refractivity contribution is 5.92. The molecule has 1 N–H and O–H groups in total. The van der Waals surface area contributed by atoms with Gasteiger partial charge in [-0.1, -0.05) is 0 Å². The number of halogens is 3. The number of rotatable bonds is 4. The van der Waals surface area contributed by atoms with Crippen molar-refractivity contribution in [1.82, 2.24) is 25.3 Å². The van der Waals surface area contributed by atoms with E-state index in [2.05, 4.69) is 25.3 Å². The lowest BCUT2D eigenvalue weighted by Crippen LogP contribution is -2.31. The average molecular weight is 419 g/mol. The molecule has 0 spiro atoms. The van der Waals surface area contributed by atoms with Crippen LogP contribution in [0.3, 0.4) is 0 Å². The van der Waals surface area contributed by atoms with Crippen LogP contribution in [0, 0.1) is 0 Å². The summed E-state index contributed by atoms with van der Waals surface area (Å²) >= 11 is 0. The van der Waals surface area contributed by atoms with Crippen LogP contribution in [0.25, 0.3) is 11.5 Å². The lowest BCUT2D eigenvalue weighted by atomic mass is 9.97. The summed E-state index contributed by atoms with van der Waals surface area (Å²) in [5, 5.41) is 2.68. The van der Waals surface area contributed by atoms with E-state index < -0.39 is 29.5 Å². The molecule has 1 amide bonds. The van der Waals surface area contributed by atoms with Crippen molar-refractivity contribution in [3.8, 4) is 17.3 Å². The molecule has 11 heteroatoms. The highest BCUT2D eigenvalue weighted by Crippen LogP contribution is 2.34. The first kappa shape index (κ1) is 19.8. The fraction of sp³-hybridized carbons (Fsp3) is 0.316. The second kappa shape index (κ2) is 7.73. The summed E-state index contributed by atoms with van der Waals surface area (Å²) in [6, 6.07) is 2.84. The molecular weight excluding hydrogens is 403 g/mol. The van der Waals surface area contributed by atoms with Crippen LogP contribution in [0.4, 0.5) is 13.2 Å². The quantitative estimate of drug-likeness (QED) is 0.692. The van der Waals surface area contributed by atoms with Gasteiger partial charge in [0.2, 0.25) is 11.8 Å². The van der Waals surface area contributed by atoms with E-state index in [-0.39, 0.29) is 0 Å². The number of hydrogen-bond donors (Lipinski definition) is 1. The largest absolute Gasteiger partial charge is 0.481 e. The van der Waals surface area contributed by atoms with Crippen molar-refractivity contribution in [3.05, 3.63) is 53.6 Å². The first-order valence-corrected chi connectivity index (χ1v) is 9.05. The smallest absolute Gasteiger partial charge is 0.434 e. The first-order chi connectivity index (χ1) is 14.3. The molecule has 3 heterocycles. The van der Waals surface area contributed by atoms with Gasteiger partial charge in [-0.15, -0.1) is 0 Å². The molecule has 1 aliphatic rings. The third-order valence-electron chi connectivity index (χ3n) is 4.60. The Labute approximate surface area is 168 Å². The van der Waals surface area contributed by atoms with Crippen LogP contribution in [0.1, 0.15) is 46.5 Å². The molecule has 4 rings (SSSR count). The monoisotopic (exact) mass is 419 g/mol. The molecule has 1 aliphatic carbocycles. The van der Waals surface area contributed by atoms with Crippen molar-refractivity contribution in [2.75, 3.05) is 7.11 Å². The molecule has 3 aromatic rings. The van der Waals surface area contributed by atoms with Gasteiger partial charge in [0.15, 0.2) is 5.69 Å². The number of ether oxygens (including phenoxy) is 1. The zero-order valence-corrected chi connectivity index (χ0v) is 15.7. The van der Waals surface area contributed by atoms with Crippen molar-refractivity contribution in [1.29, 1.82) is 0 Å². The van der Waals surface area contributed by atoms with Gasteiger partial charge in [-0.25, -0.2) is 15.0 Å². The Morgan fingerprint density at radius 3 is 2.90 bits per heavy atom. The number of fused-ring (bicyclic) bond motifs is 1. The standard InChI is InChI=1S/C19H16F3N5O3/c1-29-15-7-10(5-6-24-15)18-27-12-4-2-3-11(16(12)30-18)26-17(28)13-8-23-9-14(25-13)19(20,21)22/h5-9,11H,2-4H2,1H3,(H,26,28). The van der Waals surface area contributed by atoms with Crippen LogP contribution in [0.2, 0.25) is 0 Å². The minimum atomic E-state index is -4.69. The molecule has 0 saturated carbocycles. The minimum absolute atomic E-state index is 0.348. The molecule has 156 valence electrons. The van der Waals surface area contributed by atoms with Gasteiger partial charge >= 0.3 is 6.18 Å². The van der Waals surface area contributed by atoms with Gasteiger partial charge in [0.25, 0.3) is 5.91 Å². The number of nitrogens with zero attached hydrogens (tertiary/aromatic N) is 4. The van der Waals surface area contributed by atoms with E-state index in [9.17, 15) is 18.0 Å². The molecule has 3 aromatic heterocycles. The van der Waals surface area contributed by atoms with E-state index in [0.717, 1.165) is 12.6 Å². The SMILES string of the molecule is COc1cc(-c2nc3c(o2)C(NC(=O)c2cncc(C(F)(F)F)n2)CCC3)ccn1. The summed E-state index contributed by atoms with van der Waals surface area (Å²) in [7, 11) is 1.49. The lowest BCUT2D eigenvalue weighted by Gasteiger charge is -2.21. The van der Waals surface area contributed by atoms with Crippen molar-refractivity contribution in [2.24, 2.45) is 0 Å². The Kier molecular flexibility index (Phi) is 5.10. The zero-order chi connectivity index (χ0) is 21.3. The van der Waals surface area contributed by atoms with Crippen molar-refractivity contribution < 1.29 is 27.1 Å². The summed E-state index contributed by atoms with van der Waals surface area (Å²) in [6.07, 6.45) is 0.383. The maximum absolute atomic E-state index is 12.8. The highest BCUT2D eigenvalue weighted by Gasteiger charge is 2.34. The van der Waals surface area contributed by atoms with Gasteiger partial charge in [0.05, 0.1) is 31.2 Å². The molecule has 30 heavy (non-hydrogen) atoms. The van der Waals surface area contributed by atoms with Crippen LogP contribution in [0.15, 0.2) is 35.1 Å². The molecule has 0 radical (unpaired) electrons. The molecule has 0 bridgehead atoms. The van der Waals surface area contributed by atoms with Gasteiger partial charge < -0.3 is 14.5 Å². The van der Waals surface area contributed by atoms with E-state index in [0.29, 0.717) is 47.8 Å². The Balaban J connectivity index is 1.58. The normalized spacial score (nSPS) is 16.1. The number of methoxy groups -OCH3 is 1. The molecule has 1 atom stereocenters. The second-order valence-corrected chi connectivity index (χ2v) is 6.62. The number of aromatic nitrogens is 4. The number of hydrogen-bond acceptors (Lipinski definition) is 7. The molecule has 8 nitrogen and oxygen atoms in total. The maximum atomic E-state index is 12.8. The minimum Gasteiger partial charge on any atom is -0.481 e. The fourth-order valence-electron chi connectivity index (χ4n) is 3.18. The molecule has 0 fully saturated rings. The van der Waals surface area contributed by atoms with Gasteiger partial charge in [-0.3, -0.25) is 9.78 Å². The highest BCUT2D eigenvalue weighted by atomic mass is 19.4. The Morgan fingerprint density at radius 1 is 1.30 bits per heavy atom. The lowest BCUT2D eigenvalue weighted by molar-refractivity contribution is -0.141. The van der Waals surface area contributed by atoms with E-state index >= 15 is 0 Å². The van der Waals surface area contributed by atoms with Crippen LogP contribution in [-0.2, 0) is 12.6 Å². The summed E-state index contributed by atoms with van der Waals surface area (Å²) in [5.41, 5.74) is -0.304. The van der Waals surface area contributed by atoms with Crippen LogP contribution in [0.5, 0.6) is 5.88 Å². The van der Waals surface area contributed by atoms with Gasteiger partial charge in [0, 0.05) is 17.8 Å². The summed E-state index contributed by atoms with van der Waals surface area (Å²) < 4.78 is 49.5. The molecule has 0 saturated heterocycles. The van der Waals surface area contributed by atoms with Crippen molar-refractivity contribution in [3.63, 3.8) is 0 Å². The zero-order valence-electron chi connectivity index (χ0n) is 15.7. The predicted octanol–water partition coefficient (Wildman–Crippen LogP) is 3.36. The number of alkyl halides is 3. The average Bonchev–Trinajstić information content (AvgIpc) is 3.19. The Morgan fingerprint density at radius 2 is 2.13 bits per heavy atom. The summed E-state index contributed by atoms with van der Waals surface area (Å²) in [6.45, 7) is 0. The van der Waals surface area contributed by atoms with E-state index in [1.54, 1.807) is 18.3 Å². The van der Waals surface area contributed by atoms with Gasteiger partial charge in [-0.05, 0) is 25.3 Å². The number of pyridine rings is 1. The Hall–Kier alpha value is -3.50. The van der Waals surface area contributed by atoms with Crippen LogP contribution in [-0.4, -0.2) is 33.0 Å². The number of oxazole rings is 1. The predicted molar refractivity (Wildman–Crippen MR) is 96.5 cm³/mol. The van der Waals surface area contributed by atoms with Gasteiger partial charge in [-0.2, -0.15) is 13.2 Å². The second-order valence-electron chi connectivity index (χ2n) is 6.62. The Bertz CT molecular complexity index is 1080. The molecular formula is C19H16F3N5O3. The number of carbonyl (C=O) groups excluding carboxylic acids is 1. The summed E-state index contributed by atoms with van der Waals surface area (Å²) in [5.74, 6) is 0.452. The summed E-state index contributed by atoms with van der Waals surface area (Å²) in [4.78, 5) is 27.9. The van der Waals surface area contributed by atoms with E-state index in [4.69, 9.17) is 9.15 Å². The topological polar surface area (TPSA) is 103 Å². The number of nitrogens with one attached hydrogen (secondary N) is 1. The molecule has 1 unspecified atom stereocenters. The van der Waals surface area contributed by atoms with Crippen molar-refractivity contribution >= 4 is 5.91 Å².